The largest absolute Gasteiger partial charge is 0.508 e. The maximum absolute atomic E-state index is 9.49. The van der Waals surface area contributed by atoms with Crippen molar-refractivity contribution < 1.29 is 14.6 Å². The molecule has 0 saturated carbocycles. The third-order valence-corrected chi connectivity index (χ3v) is 2.04. The Morgan fingerprint density at radius 2 is 2.00 bits per heavy atom. The van der Waals surface area contributed by atoms with Crippen LogP contribution in [0.4, 0.5) is 0 Å². The van der Waals surface area contributed by atoms with Crippen molar-refractivity contribution in [3.8, 4) is 11.5 Å². The summed E-state index contributed by atoms with van der Waals surface area (Å²) in [5, 5.41) is 18.7. The van der Waals surface area contributed by atoms with Gasteiger partial charge in [0, 0.05) is 12.0 Å². The maximum atomic E-state index is 9.49. The normalized spacial score (nSPS) is 10.3. The number of phenols is 2. The molecule has 0 aliphatic rings. The molecule has 1 aromatic carbocycles. The fourth-order valence-corrected chi connectivity index (χ4v) is 1.33. The minimum Gasteiger partial charge on any atom is -0.508 e. The number of phenolic OH excluding ortho intramolecular Hbond substituents is 2. The Labute approximate surface area is 81.2 Å². The van der Waals surface area contributed by atoms with Crippen LogP contribution in [-0.4, -0.2) is 10.2 Å². The standard InChI is InChI=1S/C11H10O3/c12-10-1-2-11(13)9(6-10)5-8-3-4-14-7-8/h1-4,6-7,12-13H,5H2. The molecule has 0 saturated heterocycles. The second-order valence-corrected chi connectivity index (χ2v) is 3.12. The lowest BCUT2D eigenvalue weighted by atomic mass is 10.1. The average molecular weight is 190 g/mol. The molecule has 0 unspecified atom stereocenters. The molecule has 0 atom stereocenters. The van der Waals surface area contributed by atoms with Gasteiger partial charge in [0.1, 0.15) is 11.5 Å². The van der Waals surface area contributed by atoms with Crippen LogP contribution >= 0.6 is 0 Å². The first-order valence-electron chi connectivity index (χ1n) is 4.27. The highest BCUT2D eigenvalue weighted by Crippen LogP contribution is 2.24. The van der Waals surface area contributed by atoms with E-state index in [2.05, 4.69) is 0 Å². The Kier molecular flexibility index (Phi) is 2.14. The molecule has 0 radical (unpaired) electrons. The van der Waals surface area contributed by atoms with Gasteiger partial charge in [0.05, 0.1) is 12.5 Å². The van der Waals surface area contributed by atoms with Gasteiger partial charge in [-0.3, -0.25) is 0 Å². The summed E-state index contributed by atoms with van der Waals surface area (Å²) < 4.78 is 4.91. The van der Waals surface area contributed by atoms with E-state index in [9.17, 15) is 10.2 Å². The molecule has 2 N–H and O–H groups in total. The molecule has 0 fully saturated rings. The van der Waals surface area contributed by atoms with Crippen molar-refractivity contribution in [1.82, 2.24) is 0 Å². The summed E-state index contributed by atoms with van der Waals surface area (Å²) in [7, 11) is 0. The highest BCUT2D eigenvalue weighted by molar-refractivity contribution is 5.41. The van der Waals surface area contributed by atoms with Crippen molar-refractivity contribution in [3.63, 3.8) is 0 Å². The highest BCUT2D eigenvalue weighted by atomic mass is 16.3. The molecule has 14 heavy (non-hydrogen) atoms. The Bertz CT molecular complexity index is 418. The van der Waals surface area contributed by atoms with E-state index < -0.39 is 0 Å². The monoisotopic (exact) mass is 190 g/mol. The van der Waals surface area contributed by atoms with Crippen molar-refractivity contribution in [2.75, 3.05) is 0 Å². The first-order valence-corrected chi connectivity index (χ1v) is 4.27. The third kappa shape index (κ3) is 1.71. The topological polar surface area (TPSA) is 53.6 Å². The summed E-state index contributed by atoms with van der Waals surface area (Å²) >= 11 is 0. The molecule has 1 heterocycles. The number of benzene rings is 1. The number of rotatable bonds is 2. The van der Waals surface area contributed by atoms with Crippen LogP contribution in [0.15, 0.2) is 41.2 Å². The minimum atomic E-state index is 0.154. The van der Waals surface area contributed by atoms with Crippen LogP contribution in [0.3, 0.4) is 0 Å². The van der Waals surface area contributed by atoms with E-state index in [1.54, 1.807) is 18.6 Å². The summed E-state index contributed by atoms with van der Waals surface area (Å²) in [5.74, 6) is 0.338. The van der Waals surface area contributed by atoms with Crippen LogP contribution in [0.2, 0.25) is 0 Å². The fourth-order valence-electron chi connectivity index (χ4n) is 1.33. The van der Waals surface area contributed by atoms with Gasteiger partial charge >= 0.3 is 0 Å². The van der Waals surface area contributed by atoms with Gasteiger partial charge in [0.15, 0.2) is 0 Å². The number of hydrogen-bond acceptors (Lipinski definition) is 3. The van der Waals surface area contributed by atoms with Crippen LogP contribution in [0.5, 0.6) is 11.5 Å². The van der Waals surface area contributed by atoms with Gasteiger partial charge in [-0.25, -0.2) is 0 Å². The molecule has 2 aromatic rings. The lowest BCUT2D eigenvalue weighted by Gasteiger charge is -2.02. The third-order valence-electron chi connectivity index (χ3n) is 2.04. The van der Waals surface area contributed by atoms with Crippen LogP contribution in [-0.2, 0) is 6.42 Å². The van der Waals surface area contributed by atoms with Crippen molar-refractivity contribution in [2.24, 2.45) is 0 Å². The second-order valence-electron chi connectivity index (χ2n) is 3.12. The number of hydrogen-bond donors (Lipinski definition) is 2. The summed E-state index contributed by atoms with van der Waals surface area (Å²) in [6.45, 7) is 0. The molecule has 1 aromatic heterocycles. The van der Waals surface area contributed by atoms with Gasteiger partial charge in [0.2, 0.25) is 0 Å². The lowest BCUT2D eigenvalue weighted by Crippen LogP contribution is -1.86. The van der Waals surface area contributed by atoms with Gasteiger partial charge in [-0.15, -0.1) is 0 Å². The maximum Gasteiger partial charge on any atom is 0.119 e. The molecule has 2 rings (SSSR count). The predicted octanol–water partition coefficient (Wildman–Crippen LogP) is 2.28. The molecular formula is C11H10O3. The Morgan fingerprint density at radius 1 is 1.14 bits per heavy atom. The summed E-state index contributed by atoms with van der Waals surface area (Å²) in [6.07, 6.45) is 3.75. The van der Waals surface area contributed by atoms with E-state index in [-0.39, 0.29) is 11.5 Å². The molecular weight excluding hydrogens is 180 g/mol. The molecule has 0 aliphatic heterocycles. The second kappa shape index (κ2) is 3.46. The minimum absolute atomic E-state index is 0.154. The summed E-state index contributed by atoms with van der Waals surface area (Å²) in [6, 6.07) is 6.30. The number of aromatic hydroxyl groups is 2. The van der Waals surface area contributed by atoms with Crippen LogP contribution < -0.4 is 0 Å². The van der Waals surface area contributed by atoms with Crippen LogP contribution in [0.25, 0.3) is 0 Å². The van der Waals surface area contributed by atoms with E-state index in [1.807, 2.05) is 6.07 Å². The zero-order valence-corrected chi connectivity index (χ0v) is 7.47. The molecule has 72 valence electrons. The smallest absolute Gasteiger partial charge is 0.119 e. The van der Waals surface area contributed by atoms with E-state index >= 15 is 0 Å². The van der Waals surface area contributed by atoms with Crippen LogP contribution in [0.1, 0.15) is 11.1 Å². The number of furan rings is 1. The fraction of sp³-hybridized carbons (Fsp3) is 0.0909. The van der Waals surface area contributed by atoms with Gasteiger partial charge < -0.3 is 14.6 Å². The van der Waals surface area contributed by atoms with E-state index in [4.69, 9.17) is 4.42 Å². The van der Waals surface area contributed by atoms with Gasteiger partial charge in [-0.05, 0) is 29.8 Å². The molecule has 0 amide bonds. The van der Waals surface area contributed by atoms with Crippen molar-refractivity contribution >= 4 is 0 Å². The Morgan fingerprint density at radius 3 is 2.71 bits per heavy atom. The van der Waals surface area contributed by atoms with Crippen LogP contribution in [0, 0.1) is 0 Å². The molecule has 3 nitrogen and oxygen atoms in total. The van der Waals surface area contributed by atoms with Gasteiger partial charge in [-0.1, -0.05) is 0 Å². The van der Waals surface area contributed by atoms with E-state index in [0.29, 0.717) is 12.0 Å². The quantitative estimate of drug-likeness (QED) is 0.714. The van der Waals surface area contributed by atoms with E-state index in [1.165, 1.54) is 12.1 Å². The molecule has 0 spiro atoms. The highest BCUT2D eigenvalue weighted by Gasteiger charge is 2.04. The lowest BCUT2D eigenvalue weighted by molar-refractivity contribution is 0.455. The zero-order chi connectivity index (χ0) is 9.97. The average Bonchev–Trinajstić information content (AvgIpc) is 2.64. The molecule has 0 aliphatic carbocycles. The van der Waals surface area contributed by atoms with Crippen molar-refractivity contribution in [2.45, 2.75) is 6.42 Å². The predicted molar refractivity (Wildman–Crippen MR) is 51.3 cm³/mol. The first kappa shape index (κ1) is 8.69. The van der Waals surface area contributed by atoms with Gasteiger partial charge in [0.25, 0.3) is 0 Å². The Balaban J connectivity index is 2.28. The van der Waals surface area contributed by atoms with Crippen molar-refractivity contribution in [3.05, 3.63) is 47.9 Å². The Hall–Kier alpha value is -1.90. The molecule has 3 heteroatoms. The van der Waals surface area contributed by atoms with E-state index in [0.717, 1.165) is 5.56 Å². The SMILES string of the molecule is Oc1ccc(O)c(Cc2ccoc2)c1. The summed E-state index contributed by atoms with van der Waals surface area (Å²) in [4.78, 5) is 0. The molecule has 0 bridgehead atoms. The first-order chi connectivity index (χ1) is 6.75. The van der Waals surface area contributed by atoms with Gasteiger partial charge in [-0.2, -0.15) is 0 Å². The summed E-state index contributed by atoms with van der Waals surface area (Å²) in [5.41, 5.74) is 1.65. The van der Waals surface area contributed by atoms with Crippen molar-refractivity contribution in [1.29, 1.82) is 0 Å². The zero-order valence-electron chi connectivity index (χ0n) is 7.47.